The van der Waals surface area contributed by atoms with Crippen LogP contribution >= 0.6 is 0 Å². The van der Waals surface area contributed by atoms with Crippen LogP contribution in [0, 0.1) is 0 Å². The van der Waals surface area contributed by atoms with Gasteiger partial charge in [-0.2, -0.15) is 4.31 Å². The number of nitrogens with one attached hydrogen (secondary N) is 1. The number of nitrogens with zero attached hydrogens (tertiary/aromatic N) is 3. The first-order chi connectivity index (χ1) is 13.9. The second-order valence-electron chi connectivity index (χ2n) is 6.49. The summed E-state index contributed by atoms with van der Waals surface area (Å²) in [6.07, 6.45) is 3.48. The predicted octanol–water partition coefficient (Wildman–Crippen LogP) is 2.70. The van der Waals surface area contributed by atoms with E-state index in [2.05, 4.69) is 11.9 Å². The van der Waals surface area contributed by atoms with Crippen molar-refractivity contribution in [3.63, 3.8) is 0 Å². The van der Waals surface area contributed by atoms with Crippen LogP contribution in [0.1, 0.15) is 13.8 Å². The quantitative estimate of drug-likeness (QED) is 0.577. The minimum absolute atomic E-state index is 0.0916. The molecule has 29 heavy (non-hydrogen) atoms. The molecule has 7 nitrogen and oxygen atoms in total. The molecule has 0 bridgehead atoms. The monoisotopic (exact) mass is 413 g/mol. The van der Waals surface area contributed by atoms with Gasteiger partial charge in [-0.25, -0.2) is 17.6 Å². The average molecular weight is 414 g/mol. The normalized spacial score (nSPS) is 11.7. The van der Waals surface area contributed by atoms with Crippen molar-refractivity contribution < 1.29 is 17.8 Å². The molecule has 3 rings (SSSR count). The third-order valence-electron chi connectivity index (χ3n) is 4.70. The predicted molar refractivity (Wildman–Crippen MR) is 114 cm³/mol. The number of amides is 1. The van der Waals surface area contributed by atoms with Gasteiger partial charge in [0.25, 0.3) is 5.91 Å². The minimum Gasteiger partial charge on any atom is -0.323 e. The minimum atomic E-state index is -3.58. The van der Waals surface area contributed by atoms with E-state index >= 15 is 0 Å². The number of fused-ring (bicyclic) bond motifs is 1. The Morgan fingerprint density at radius 2 is 1.90 bits per heavy atom. The van der Waals surface area contributed by atoms with E-state index in [0.29, 0.717) is 18.8 Å². The summed E-state index contributed by atoms with van der Waals surface area (Å²) in [5, 5.41) is 2.79. The number of hydrogen-bond donors (Lipinski definition) is 1. The molecule has 3 aromatic rings. The van der Waals surface area contributed by atoms with E-state index in [4.69, 9.17) is 0 Å². The van der Waals surface area contributed by atoms with Gasteiger partial charge in [-0.15, -0.1) is 0 Å². The van der Waals surface area contributed by atoms with Gasteiger partial charge in [0.1, 0.15) is 0 Å². The fraction of sp³-hybridized carbons (Fsp3) is 0.238. The largest absolute Gasteiger partial charge is 0.323 e. The van der Waals surface area contributed by atoms with Crippen LogP contribution in [0.4, 0.5) is 5.69 Å². The number of rotatable bonds is 8. The summed E-state index contributed by atoms with van der Waals surface area (Å²) < 4.78 is 30.5. The molecule has 1 amide bonds. The second kappa shape index (κ2) is 8.59. The Bertz CT molecular complexity index is 1150. The van der Waals surface area contributed by atoms with E-state index in [1.807, 2.05) is 33.4 Å². The summed E-state index contributed by atoms with van der Waals surface area (Å²) >= 11 is 0. The van der Waals surface area contributed by atoms with Crippen molar-refractivity contribution in [2.24, 2.45) is 0 Å². The molecule has 0 radical (unpaired) electrons. The fourth-order valence-electron chi connectivity index (χ4n) is 3.27. The van der Waals surface area contributed by atoms with Crippen molar-refractivity contribution >= 4 is 38.9 Å². The van der Waals surface area contributed by atoms with Crippen LogP contribution in [-0.2, 0) is 21.4 Å². The van der Waals surface area contributed by atoms with Gasteiger partial charge in [0.15, 0.2) is 17.6 Å². The Kier molecular flexibility index (Phi) is 6.14. The van der Waals surface area contributed by atoms with E-state index in [1.54, 1.807) is 38.5 Å². The standard InChI is InChI=1S/C21H24N4O3S/c1-4-23-16-24(20-13-8-7-12-19(20)23)15-21(26)22-17-10-9-11-18(14-17)29(27,28)25(5-2)6-3/h4,7-14,16H,1,5-6,15H2,2-3H3/p+1. The summed E-state index contributed by atoms with van der Waals surface area (Å²) in [4.78, 5) is 12.8. The van der Waals surface area contributed by atoms with Crippen molar-refractivity contribution in [3.05, 3.63) is 61.4 Å². The lowest BCUT2D eigenvalue weighted by Crippen LogP contribution is -2.39. The van der Waals surface area contributed by atoms with Gasteiger partial charge in [0.05, 0.1) is 11.1 Å². The number of carbonyl (C=O) groups excluding carboxylic acids is 1. The van der Waals surface area contributed by atoms with E-state index in [-0.39, 0.29) is 17.3 Å². The molecule has 0 spiro atoms. The second-order valence-corrected chi connectivity index (χ2v) is 8.43. The van der Waals surface area contributed by atoms with E-state index in [9.17, 15) is 13.2 Å². The zero-order valence-electron chi connectivity index (χ0n) is 16.6. The Balaban J connectivity index is 1.81. The third kappa shape index (κ3) is 4.23. The highest BCUT2D eigenvalue weighted by Gasteiger charge is 2.22. The van der Waals surface area contributed by atoms with Crippen LogP contribution in [0.2, 0.25) is 0 Å². The smallest absolute Gasteiger partial charge is 0.266 e. The lowest BCUT2D eigenvalue weighted by molar-refractivity contribution is -0.658. The summed E-state index contributed by atoms with van der Waals surface area (Å²) in [5.41, 5.74) is 2.29. The zero-order chi connectivity index (χ0) is 21.0. The molecule has 1 aromatic heterocycles. The third-order valence-corrected chi connectivity index (χ3v) is 6.75. The average Bonchev–Trinajstić information content (AvgIpc) is 3.06. The molecule has 2 aromatic carbocycles. The number of para-hydroxylation sites is 2. The molecule has 1 heterocycles. The van der Waals surface area contributed by atoms with Gasteiger partial charge in [0, 0.05) is 18.8 Å². The van der Waals surface area contributed by atoms with Gasteiger partial charge < -0.3 is 5.32 Å². The first-order valence-corrected chi connectivity index (χ1v) is 10.9. The molecule has 0 saturated heterocycles. The fourth-order valence-corrected chi connectivity index (χ4v) is 4.78. The first-order valence-electron chi connectivity index (χ1n) is 9.42. The van der Waals surface area contributed by atoms with Crippen molar-refractivity contribution in [2.75, 3.05) is 18.4 Å². The highest BCUT2D eigenvalue weighted by Crippen LogP contribution is 2.19. The molecule has 0 unspecified atom stereocenters. The van der Waals surface area contributed by atoms with Crippen LogP contribution in [0.5, 0.6) is 0 Å². The summed E-state index contributed by atoms with van der Waals surface area (Å²) in [5.74, 6) is -0.251. The van der Waals surface area contributed by atoms with Crippen LogP contribution in [0.25, 0.3) is 17.2 Å². The maximum Gasteiger partial charge on any atom is 0.266 e. The Labute approximate surface area is 170 Å². The van der Waals surface area contributed by atoms with Gasteiger partial charge in [0.2, 0.25) is 16.4 Å². The zero-order valence-corrected chi connectivity index (χ0v) is 17.4. The van der Waals surface area contributed by atoms with Crippen LogP contribution < -0.4 is 9.88 Å². The van der Waals surface area contributed by atoms with E-state index < -0.39 is 10.0 Å². The van der Waals surface area contributed by atoms with Crippen molar-refractivity contribution in [2.45, 2.75) is 25.3 Å². The van der Waals surface area contributed by atoms with Crippen molar-refractivity contribution in [1.82, 2.24) is 8.87 Å². The summed E-state index contributed by atoms with van der Waals surface area (Å²) in [6.45, 7) is 8.25. The highest BCUT2D eigenvalue weighted by molar-refractivity contribution is 7.89. The van der Waals surface area contributed by atoms with Gasteiger partial charge in [-0.1, -0.05) is 38.6 Å². The SMILES string of the molecule is C=Cn1c[n+](CC(=O)Nc2cccc(S(=O)(=O)N(CC)CC)c2)c2ccccc21. The first kappa shape index (κ1) is 20.8. The van der Waals surface area contributed by atoms with E-state index in [0.717, 1.165) is 11.0 Å². The summed E-state index contributed by atoms with van der Waals surface area (Å²) in [6, 6.07) is 14.0. The molecule has 0 saturated carbocycles. The molecule has 1 N–H and O–H groups in total. The van der Waals surface area contributed by atoms with Crippen LogP contribution in [-0.4, -0.2) is 36.3 Å². The van der Waals surface area contributed by atoms with Gasteiger partial charge in [-0.3, -0.25) is 4.79 Å². The molecular weight excluding hydrogens is 388 g/mol. The summed E-state index contributed by atoms with van der Waals surface area (Å²) in [7, 11) is -3.58. The molecule has 8 heteroatoms. The molecular formula is C21H25N4O3S+. The molecule has 0 aliphatic carbocycles. The van der Waals surface area contributed by atoms with Crippen LogP contribution in [0.3, 0.4) is 0 Å². The molecule has 0 aliphatic heterocycles. The van der Waals surface area contributed by atoms with Gasteiger partial charge >= 0.3 is 0 Å². The molecule has 0 atom stereocenters. The number of benzene rings is 2. The maximum atomic E-state index is 12.7. The van der Waals surface area contributed by atoms with Crippen molar-refractivity contribution in [1.29, 1.82) is 0 Å². The number of aromatic nitrogens is 2. The van der Waals surface area contributed by atoms with Crippen LogP contribution in [0.15, 0.2) is 66.3 Å². The number of anilines is 1. The molecule has 0 fully saturated rings. The Morgan fingerprint density at radius 3 is 2.59 bits per heavy atom. The lowest BCUT2D eigenvalue weighted by atomic mass is 10.3. The van der Waals surface area contributed by atoms with E-state index in [1.165, 1.54) is 16.4 Å². The Hall–Kier alpha value is -2.97. The Morgan fingerprint density at radius 1 is 1.17 bits per heavy atom. The lowest BCUT2D eigenvalue weighted by Gasteiger charge is -2.18. The van der Waals surface area contributed by atoms with Gasteiger partial charge in [-0.05, 0) is 30.3 Å². The highest BCUT2D eigenvalue weighted by atomic mass is 32.2. The maximum absolute atomic E-state index is 12.7. The number of sulfonamides is 1. The van der Waals surface area contributed by atoms with Crippen molar-refractivity contribution in [3.8, 4) is 0 Å². The number of imidazole rings is 1. The number of hydrogen-bond acceptors (Lipinski definition) is 3. The topological polar surface area (TPSA) is 75.3 Å². The number of carbonyl (C=O) groups is 1. The molecule has 152 valence electrons. The molecule has 0 aliphatic rings.